The van der Waals surface area contributed by atoms with Crippen molar-refractivity contribution in [2.75, 3.05) is 13.2 Å². The Morgan fingerprint density at radius 1 is 1.50 bits per heavy atom. The quantitative estimate of drug-likeness (QED) is 0.800. The van der Waals surface area contributed by atoms with Crippen LogP contribution in [0.5, 0.6) is 5.75 Å². The Kier molecular flexibility index (Phi) is 5.08. The summed E-state index contributed by atoms with van der Waals surface area (Å²) in [5, 5.41) is 9.33. The molecule has 0 aliphatic rings. The molecule has 1 aromatic rings. The smallest absolute Gasteiger partial charge is 0.344 e. The van der Waals surface area contributed by atoms with Gasteiger partial charge in [0.2, 0.25) is 0 Å². The Balaban J connectivity index is 2.35. The number of para-hydroxylation sites is 1. The fourth-order valence-corrected chi connectivity index (χ4v) is 1.14. The number of carbonyl (C=O) groups excluding carboxylic acids is 1. The van der Waals surface area contributed by atoms with E-state index in [2.05, 4.69) is 0 Å². The summed E-state index contributed by atoms with van der Waals surface area (Å²) in [6.45, 7) is 1.27. The molecule has 16 heavy (non-hydrogen) atoms. The molecule has 0 radical (unpaired) electrons. The van der Waals surface area contributed by atoms with Gasteiger partial charge < -0.3 is 14.6 Å². The van der Waals surface area contributed by atoms with Crippen LogP contribution in [0.2, 0.25) is 5.02 Å². The van der Waals surface area contributed by atoms with E-state index in [0.29, 0.717) is 10.8 Å². The van der Waals surface area contributed by atoms with Crippen molar-refractivity contribution in [1.29, 1.82) is 0 Å². The summed E-state index contributed by atoms with van der Waals surface area (Å²) in [5.41, 5.74) is 0. The first-order valence-electron chi connectivity index (χ1n) is 4.80. The molecule has 0 aliphatic carbocycles. The Bertz CT molecular complexity index is 352. The van der Waals surface area contributed by atoms with Gasteiger partial charge in [-0.25, -0.2) is 4.79 Å². The van der Waals surface area contributed by atoms with E-state index in [9.17, 15) is 4.79 Å². The van der Waals surface area contributed by atoms with Gasteiger partial charge in [0, 0.05) is 0 Å². The van der Waals surface area contributed by atoms with Crippen molar-refractivity contribution in [2.45, 2.75) is 13.0 Å². The first-order chi connectivity index (χ1) is 7.59. The molecule has 1 rings (SSSR count). The van der Waals surface area contributed by atoms with Crippen LogP contribution in [-0.2, 0) is 9.53 Å². The molecule has 1 N–H and O–H groups in total. The number of benzene rings is 1. The molecule has 0 spiro atoms. The average Bonchev–Trinajstić information content (AvgIpc) is 2.25. The summed E-state index contributed by atoms with van der Waals surface area (Å²) < 4.78 is 9.85. The summed E-state index contributed by atoms with van der Waals surface area (Å²) in [6, 6.07) is 6.84. The molecule has 0 aliphatic heterocycles. The number of hydrogen-bond donors (Lipinski definition) is 1. The second-order valence-electron chi connectivity index (χ2n) is 3.25. The minimum Gasteiger partial charge on any atom is -0.480 e. The molecule has 0 aromatic heterocycles. The lowest BCUT2D eigenvalue weighted by atomic mass is 10.3. The zero-order valence-corrected chi connectivity index (χ0v) is 9.61. The van der Waals surface area contributed by atoms with Gasteiger partial charge >= 0.3 is 5.97 Å². The predicted octanol–water partition coefficient (Wildman–Crippen LogP) is 1.64. The fraction of sp³-hybridized carbons (Fsp3) is 0.364. The molecule has 88 valence electrons. The van der Waals surface area contributed by atoms with E-state index in [4.69, 9.17) is 26.2 Å². The summed E-state index contributed by atoms with van der Waals surface area (Å²) in [6.07, 6.45) is -0.677. The van der Waals surface area contributed by atoms with E-state index in [1.54, 1.807) is 24.3 Å². The lowest BCUT2D eigenvalue weighted by Crippen LogP contribution is -2.20. The zero-order valence-electron chi connectivity index (χ0n) is 8.85. The van der Waals surface area contributed by atoms with Crippen LogP contribution in [0.25, 0.3) is 0 Å². The number of aliphatic hydroxyl groups excluding tert-OH is 1. The van der Waals surface area contributed by atoms with Crippen molar-refractivity contribution >= 4 is 17.6 Å². The van der Waals surface area contributed by atoms with Gasteiger partial charge in [0.25, 0.3) is 0 Å². The number of carbonyl (C=O) groups is 1. The molecular formula is C11H13ClO4. The van der Waals surface area contributed by atoms with Crippen molar-refractivity contribution in [3.63, 3.8) is 0 Å². The highest BCUT2D eigenvalue weighted by Gasteiger charge is 2.07. The van der Waals surface area contributed by atoms with Crippen LogP contribution in [0.1, 0.15) is 6.92 Å². The van der Waals surface area contributed by atoms with E-state index in [1.165, 1.54) is 6.92 Å². The van der Waals surface area contributed by atoms with Gasteiger partial charge in [0.1, 0.15) is 12.4 Å². The van der Waals surface area contributed by atoms with Crippen LogP contribution in [0, 0.1) is 0 Å². The predicted molar refractivity (Wildman–Crippen MR) is 59.6 cm³/mol. The molecule has 0 bridgehead atoms. The fourth-order valence-electron chi connectivity index (χ4n) is 0.954. The Morgan fingerprint density at radius 2 is 2.19 bits per heavy atom. The van der Waals surface area contributed by atoms with Gasteiger partial charge in [-0.05, 0) is 19.1 Å². The maximum absolute atomic E-state index is 11.1. The molecule has 4 nitrogen and oxygen atoms in total. The van der Waals surface area contributed by atoms with Crippen LogP contribution in [0.15, 0.2) is 24.3 Å². The summed E-state index contributed by atoms with van der Waals surface area (Å²) in [7, 11) is 0. The third-order valence-electron chi connectivity index (χ3n) is 1.67. The SMILES string of the molecule is CC(O)COC(=O)COc1ccccc1Cl. The molecule has 0 amide bonds. The molecule has 0 heterocycles. The second kappa shape index (κ2) is 6.35. The Labute approximate surface area is 98.7 Å². The van der Waals surface area contributed by atoms with Gasteiger partial charge in [-0.15, -0.1) is 0 Å². The van der Waals surface area contributed by atoms with Crippen LogP contribution >= 0.6 is 11.6 Å². The van der Waals surface area contributed by atoms with Gasteiger partial charge in [0.05, 0.1) is 11.1 Å². The van der Waals surface area contributed by atoms with Crippen molar-refractivity contribution in [1.82, 2.24) is 0 Å². The van der Waals surface area contributed by atoms with Crippen LogP contribution < -0.4 is 4.74 Å². The minimum absolute atomic E-state index is 0.0370. The van der Waals surface area contributed by atoms with E-state index >= 15 is 0 Å². The minimum atomic E-state index is -0.677. The molecule has 1 unspecified atom stereocenters. The molecular weight excluding hydrogens is 232 g/mol. The second-order valence-corrected chi connectivity index (χ2v) is 3.66. The summed E-state index contributed by atoms with van der Waals surface area (Å²) in [4.78, 5) is 11.1. The number of aliphatic hydroxyl groups is 1. The molecule has 5 heteroatoms. The third kappa shape index (κ3) is 4.51. The van der Waals surface area contributed by atoms with Crippen molar-refractivity contribution < 1.29 is 19.4 Å². The highest BCUT2D eigenvalue weighted by atomic mass is 35.5. The molecule has 1 atom stereocenters. The molecule has 0 fully saturated rings. The average molecular weight is 245 g/mol. The number of hydrogen-bond acceptors (Lipinski definition) is 4. The third-order valence-corrected chi connectivity index (χ3v) is 1.98. The maximum Gasteiger partial charge on any atom is 0.344 e. The highest BCUT2D eigenvalue weighted by molar-refractivity contribution is 6.32. The monoisotopic (exact) mass is 244 g/mol. The number of halogens is 1. The van der Waals surface area contributed by atoms with E-state index < -0.39 is 12.1 Å². The van der Waals surface area contributed by atoms with Gasteiger partial charge in [-0.3, -0.25) is 0 Å². The van der Waals surface area contributed by atoms with Crippen molar-refractivity contribution in [3.05, 3.63) is 29.3 Å². The number of ether oxygens (including phenoxy) is 2. The molecule has 0 saturated heterocycles. The summed E-state index contributed by atoms with van der Waals surface area (Å²) >= 11 is 5.82. The van der Waals surface area contributed by atoms with Gasteiger partial charge in [-0.2, -0.15) is 0 Å². The Morgan fingerprint density at radius 3 is 2.81 bits per heavy atom. The van der Waals surface area contributed by atoms with E-state index in [1.807, 2.05) is 0 Å². The van der Waals surface area contributed by atoms with Crippen molar-refractivity contribution in [3.8, 4) is 5.75 Å². The summed E-state index contributed by atoms with van der Waals surface area (Å²) in [5.74, 6) is -0.112. The van der Waals surface area contributed by atoms with Crippen molar-refractivity contribution in [2.24, 2.45) is 0 Å². The highest BCUT2D eigenvalue weighted by Crippen LogP contribution is 2.22. The van der Waals surface area contributed by atoms with Crippen LogP contribution in [-0.4, -0.2) is 30.4 Å². The standard InChI is InChI=1S/C11H13ClO4/c1-8(13)6-16-11(14)7-15-10-5-3-2-4-9(10)12/h2-5,8,13H,6-7H2,1H3. The van der Waals surface area contributed by atoms with E-state index in [-0.39, 0.29) is 13.2 Å². The van der Waals surface area contributed by atoms with Gasteiger partial charge in [-0.1, -0.05) is 23.7 Å². The number of rotatable bonds is 5. The molecule has 0 saturated carbocycles. The largest absolute Gasteiger partial charge is 0.480 e. The van der Waals surface area contributed by atoms with Crippen LogP contribution in [0.3, 0.4) is 0 Å². The Hall–Kier alpha value is -1.26. The molecule has 1 aromatic carbocycles. The lowest BCUT2D eigenvalue weighted by molar-refractivity contribution is -0.148. The van der Waals surface area contributed by atoms with Gasteiger partial charge in [0.15, 0.2) is 6.61 Å². The van der Waals surface area contributed by atoms with Crippen LogP contribution in [0.4, 0.5) is 0 Å². The first kappa shape index (κ1) is 12.8. The lowest BCUT2D eigenvalue weighted by Gasteiger charge is -2.08. The topological polar surface area (TPSA) is 55.8 Å². The number of esters is 1. The normalized spacial score (nSPS) is 11.9. The zero-order chi connectivity index (χ0) is 12.0. The van der Waals surface area contributed by atoms with E-state index in [0.717, 1.165) is 0 Å². The first-order valence-corrected chi connectivity index (χ1v) is 5.18. The maximum atomic E-state index is 11.1.